The van der Waals surface area contributed by atoms with E-state index in [4.69, 9.17) is 9.47 Å². The number of carbonyl (C=O) groups excluding carboxylic acids is 2. The SMILES string of the molecule is C[C@H](C(=O)OCC1CCCCO1)N1Cc2ccccc2C1=O. The number of hydrogen-bond acceptors (Lipinski definition) is 4. The summed E-state index contributed by atoms with van der Waals surface area (Å²) in [6, 6.07) is 6.87. The molecule has 1 amide bonds. The van der Waals surface area contributed by atoms with E-state index in [2.05, 4.69) is 0 Å². The molecular formula is C17H21NO4. The highest BCUT2D eigenvalue weighted by atomic mass is 16.6. The Hall–Kier alpha value is -1.88. The van der Waals surface area contributed by atoms with Crippen LogP contribution in [0, 0.1) is 0 Å². The molecule has 3 rings (SSSR count). The summed E-state index contributed by atoms with van der Waals surface area (Å²) >= 11 is 0. The maximum atomic E-state index is 12.3. The first-order valence-corrected chi connectivity index (χ1v) is 7.84. The molecule has 118 valence electrons. The van der Waals surface area contributed by atoms with Gasteiger partial charge in [0.1, 0.15) is 12.6 Å². The van der Waals surface area contributed by atoms with Crippen LogP contribution in [0.15, 0.2) is 24.3 Å². The average molecular weight is 303 g/mol. The molecule has 22 heavy (non-hydrogen) atoms. The van der Waals surface area contributed by atoms with Gasteiger partial charge in [-0.25, -0.2) is 4.79 Å². The zero-order valence-corrected chi connectivity index (χ0v) is 12.8. The topological polar surface area (TPSA) is 55.8 Å². The number of esters is 1. The van der Waals surface area contributed by atoms with E-state index < -0.39 is 6.04 Å². The monoisotopic (exact) mass is 303 g/mol. The van der Waals surface area contributed by atoms with Crippen molar-refractivity contribution in [1.29, 1.82) is 0 Å². The summed E-state index contributed by atoms with van der Waals surface area (Å²) in [5.41, 5.74) is 1.64. The lowest BCUT2D eigenvalue weighted by Crippen LogP contribution is -2.41. The molecule has 1 aromatic carbocycles. The molecule has 0 spiro atoms. The van der Waals surface area contributed by atoms with Crippen LogP contribution in [-0.2, 0) is 20.8 Å². The molecule has 5 heteroatoms. The fourth-order valence-electron chi connectivity index (χ4n) is 2.95. The zero-order chi connectivity index (χ0) is 15.5. The van der Waals surface area contributed by atoms with Crippen molar-refractivity contribution in [2.75, 3.05) is 13.2 Å². The average Bonchev–Trinajstić information content (AvgIpc) is 2.90. The maximum absolute atomic E-state index is 12.3. The van der Waals surface area contributed by atoms with Gasteiger partial charge in [0.15, 0.2) is 0 Å². The lowest BCUT2D eigenvalue weighted by Gasteiger charge is -2.25. The van der Waals surface area contributed by atoms with Crippen LogP contribution < -0.4 is 0 Å². The summed E-state index contributed by atoms with van der Waals surface area (Å²) in [4.78, 5) is 26.1. The quantitative estimate of drug-likeness (QED) is 0.800. The van der Waals surface area contributed by atoms with Gasteiger partial charge in [0.05, 0.1) is 6.10 Å². The van der Waals surface area contributed by atoms with Crippen LogP contribution in [0.5, 0.6) is 0 Å². The van der Waals surface area contributed by atoms with E-state index in [1.807, 2.05) is 18.2 Å². The molecule has 2 aliphatic heterocycles. The lowest BCUT2D eigenvalue weighted by atomic mass is 10.1. The van der Waals surface area contributed by atoms with E-state index in [0.29, 0.717) is 12.1 Å². The highest BCUT2D eigenvalue weighted by Gasteiger charge is 2.34. The smallest absolute Gasteiger partial charge is 0.328 e. The summed E-state index contributed by atoms with van der Waals surface area (Å²) in [6.45, 7) is 3.19. The number of rotatable bonds is 4. The van der Waals surface area contributed by atoms with E-state index in [1.165, 1.54) is 0 Å². The van der Waals surface area contributed by atoms with Gasteiger partial charge < -0.3 is 14.4 Å². The Balaban J connectivity index is 1.56. The molecule has 0 radical (unpaired) electrons. The fraction of sp³-hybridized carbons (Fsp3) is 0.529. The second-order valence-corrected chi connectivity index (χ2v) is 5.88. The third-order valence-electron chi connectivity index (χ3n) is 4.34. The van der Waals surface area contributed by atoms with Gasteiger partial charge in [0.2, 0.25) is 0 Å². The van der Waals surface area contributed by atoms with Crippen LogP contribution in [-0.4, -0.2) is 42.1 Å². The standard InChI is InChI=1S/C17H21NO4/c1-12(17(20)22-11-14-7-4-5-9-21-14)18-10-13-6-2-3-8-15(13)16(18)19/h2-3,6,8,12,14H,4-5,7,9-11H2,1H3/t12-,14?/m1/s1. The number of nitrogens with zero attached hydrogens (tertiary/aromatic N) is 1. The second kappa shape index (κ2) is 6.48. The van der Waals surface area contributed by atoms with E-state index >= 15 is 0 Å². The molecule has 1 unspecified atom stereocenters. The van der Waals surface area contributed by atoms with Gasteiger partial charge >= 0.3 is 5.97 Å². The van der Waals surface area contributed by atoms with Crippen molar-refractivity contribution in [1.82, 2.24) is 4.90 Å². The third kappa shape index (κ3) is 2.99. The highest BCUT2D eigenvalue weighted by molar-refractivity contribution is 6.00. The summed E-state index contributed by atoms with van der Waals surface area (Å²) < 4.78 is 10.9. The zero-order valence-electron chi connectivity index (χ0n) is 12.8. The van der Waals surface area contributed by atoms with Gasteiger partial charge in [0.25, 0.3) is 5.91 Å². The molecule has 2 heterocycles. The Morgan fingerprint density at radius 1 is 1.41 bits per heavy atom. The molecule has 0 N–H and O–H groups in total. The first kappa shape index (κ1) is 15.0. The molecular weight excluding hydrogens is 282 g/mol. The van der Waals surface area contributed by atoms with E-state index in [9.17, 15) is 9.59 Å². The molecule has 0 saturated carbocycles. The van der Waals surface area contributed by atoms with Crippen molar-refractivity contribution in [3.63, 3.8) is 0 Å². The Morgan fingerprint density at radius 3 is 2.95 bits per heavy atom. The Kier molecular flexibility index (Phi) is 4.43. The molecule has 0 aromatic heterocycles. The summed E-state index contributed by atoms with van der Waals surface area (Å²) in [5, 5.41) is 0. The number of ether oxygens (including phenoxy) is 2. The summed E-state index contributed by atoms with van der Waals surface area (Å²) in [7, 11) is 0. The molecule has 1 fully saturated rings. The number of benzene rings is 1. The molecule has 0 aliphatic carbocycles. The first-order valence-electron chi connectivity index (χ1n) is 7.84. The lowest BCUT2D eigenvalue weighted by molar-refractivity contribution is -0.153. The van der Waals surface area contributed by atoms with Gasteiger partial charge in [0, 0.05) is 18.7 Å². The summed E-state index contributed by atoms with van der Waals surface area (Å²) in [5.74, 6) is -0.468. The molecule has 5 nitrogen and oxygen atoms in total. The molecule has 1 aromatic rings. The number of carbonyl (C=O) groups is 2. The van der Waals surface area contributed by atoms with E-state index in [1.54, 1.807) is 17.9 Å². The fourth-order valence-corrected chi connectivity index (χ4v) is 2.95. The van der Waals surface area contributed by atoms with Crippen LogP contribution in [0.1, 0.15) is 42.1 Å². The highest BCUT2D eigenvalue weighted by Crippen LogP contribution is 2.24. The second-order valence-electron chi connectivity index (χ2n) is 5.88. The maximum Gasteiger partial charge on any atom is 0.328 e. The van der Waals surface area contributed by atoms with Crippen LogP contribution in [0.4, 0.5) is 0 Å². The predicted octanol–water partition coefficient (Wildman–Crippen LogP) is 2.14. The minimum Gasteiger partial charge on any atom is -0.461 e. The Morgan fingerprint density at radius 2 is 2.23 bits per heavy atom. The predicted molar refractivity (Wildman–Crippen MR) is 80.3 cm³/mol. The first-order chi connectivity index (χ1) is 10.7. The van der Waals surface area contributed by atoms with Crippen LogP contribution in [0.25, 0.3) is 0 Å². The van der Waals surface area contributed by atoms with Crippen molar-refractivity contribution >= 4 is 11.9 Å². The van der Waals surface area contributed by atoms with Crippen molar-refractivity contribution < 1.29 is 19.1 Å². The molecule has 0 bridgehead atoms. The van der Waals surface area contributed by atoms with Gasteiger partial charge in [-0.05, 0) is 37.8 Å². The van der Waals surface area contributed by atoms with Crippen LogP contribution in [0.2, 0.25) is 0 Å². The van der Waals surface area contributed by atoms with Gasteiger partial charge in [-0.3, -0.25) is 4.79 Å². The Labute approximate surface area is 130 Å². The van der Waals surface area contributed by atoms with Gasteiger partial charge in [-0.1, -0.05) is 18.2 Å². The van der Waals surface area contributed by atoms with Gasteiger partial charge in [-0.15, -0.1) is 0 Å². The van der Waals surface area contributed by atoms with Crippen LogP contribution in [0.3, 0.4) is 0 Å². The third-order valence-corrected chi connectivity index (χ3v) is 4.34. The van der Waals surface area contributed by atoms with E-state index in [-0.39, 0.29) is 24.6 Å². The number of fused-ring (bicyclic) bond motifs is 1. The van der Waals surface area contributed by atoms with Gasteiger partial charge in [-0.2, -0.15) is 0 Å². The van der Waals surface area contributed by atoms with Crippen molar-refractivity contribution in [3.05, 3.63) is 35.4 Å². The van der Waals surface area contributed by atoms with Crippen molar-refractivity contribution in [3.8, 4) is 0 Å². The Bertz CT molecular complexity index is 566. The normalized spacial score (nSPS) is 22.3. The number of hydrogen-bond donors (Lipinski definition) is 0. The van der Waals surface area contributed by atoms with Crippen molar-refractivity contribution in [2.45, 2.75) is 44.9 Å². The van der Waals surface area contributed by atoms with Crippen LogP contribution >= 0.6 is 0 Å². The molecule has 1 saturated heterocycles. The minimum absolute atomic E-state index is 0.00335. The molecule has 2 aliphatic rings. The summed E-state index contributed by atoms with van der Waals surface area (Å²) in [6.07, 6.45) is 3.10. The number of amides is 1. The van der Waals surface area contributed by atoms with Crippen molar-refractivity contribution in [2.24, 2.45) is 0 Å². The largest absolute Gasteiger partial charge is 0.461 e. The molecule has 2 atom stereocenters. The minimum atomic E-state index is -0.580. The van der Waals surface area contributed by atoms with E-state index in [0.717, 1.165) is 31.4 Å².